The molecule has 2 rings (SSSR count). The zero-order valence-electron chi connectivity index (χ0n) is 10.9. The maximum absolute atomic E-state index is 6.02. The normalized spacial score (nSPS) is 33.4. The summed E-state index contributed by atoms with van der Waals surface area (Å²) in [5.74, 6) is 0.962. The van der Waals surface area contributed by atoms with Crippen LogP contribution in [0.1, 0.15) is 58.8 Å². The van der Waals surface area contributed by atoms with Crippen molar-refractivity contribution in [2.45, 2.75) is 77.0 Å². The third kappa shape index (κ3) is 3.21. The van der Waals surface area contributed by atoms with E-state index in [1.54, 1.807) is 0 Å². The summed E-state index contributed by atoms with van der Waals surface area (Å²) in [6, 6.07) is 0.609. The number of hydrogen-bond donors (Lipinski definition) is 1. The van der Waals surface area contributed by atoms with Crippen LogP contribution in [0, 0.1) is 5.92 Å². The molecule has 2 fully saturated rings. The highest BCUT2D eigenvalue weighted by molar-refractivity contribution is 4.85. The van der Waals surface area contributed by atoms with E-state index in [4.69, 9.17) is 4.74 Å². The van der Waals surface area contributed by atoms with E-state index >= 15 is 0 Å². The Morgan fingerprint density at radius 1 is 1.19 bits per heavy atom. The number of likely N-dealkylation sites (N-methyl/N-ethyl adjacent to an activating group) is 1. The summed E-state index contributed by atoms with van der Waals surface area (Å²) in [5.41, 5.74) is 0. The van der Waals surface area contributed by atoms with Crippen LogP contribution in [-0.4, -0.2) is 24.8 Å². The first-order chi connectivity index (χ1) is 7.79. The number of ether oxygens (including phenoxy) is 1. The molecule has 1 aliphatic heterocycles. The topological polar surface area (TPSA) is 21.3 Å². The van der Waals surface area contributed by atoms with Gasteiger partial charge in [0.15, 0.2) is 0 Å². The first-order valence-electron chi connectivity index (χ1n) is 7.18. The summed E-state index contributed by atoms with van der Waals surface area (Å²) < 4.78 is 6.02. The zero-order valence-corrected chi connectivity index (χ0v) is 10.9. The van der Waals surface area contributed by atoms with E-state index in [1.807, 2.05) is 0 Å². The van der Waals surface area contributed by atoms with Gasteiger partial charge in [0, 0.05) is 6.04 Å². The molecule has 3 unspecified atom stereocenters. The molecule has 1 saturated heterocycles. The molecule has 0 aromatic heterocycles. The number of nitrogens with one attached hydrogen (secondary N) is 1. The van der Waals surface area contributed by atoms with Crippen molar-refractivity contribution in [3.05, 3.63) is 0 Å². The van der Waals surface area contributed by atoms with Gasteiger partial charge < -0.3 is 10.1 Å². The molecule has 1 N–H and O–H groups in total. The molecule has 2 aliphatic rings. The van der Waals surface area contributed by atoms with Gasteiger partial charge in [0.2, 0.25) is 0 Å². The Hall–Kier alpha value is -0.0800. The van der Waals surface area contributed by atoms with E-state index in [0.717, 1.165) is 12.5 Å². The van der Waals surface area contributed by atoms with Gasteiger partial charge >= 0.3 is 0 Å². The van der Waals surface area contributed by atoms with Crippen LogP contribution in [0.15, 0.2) is 0 Å². The molecule has 0 radical (unpaired) electrons. The average Bonchev–Trinajstić information content (AvgIpc) is 2.88. The third-order valence-corrected chi connectivity index (χ3v) is 4.24. The SMILES string of the molecule is CCNC(CC1CCCC1)C1CCC(C)O1. The minimum absolute atomic E-state index is 0.481. The fourth-order valence-electron chi connectivity index (χ4n) is 3.36. The van der Waals surface area contributed by atoms with Gasteiger partial charge in [-0.1, -0.05) is 32.6 Å². The van der Waals surface area contributed by atoms with E-state index in [-0.39, 0.29) is 0 Å². The monoisotopic (exact) mass is 225 g/mol. The molecule has 0 amide bonds. The fourth-order valence-corrected chi connectivity index (χ4v) is 3.36. The van der Waals surface area contributed by atoms with Crippen LogP contribution >= 0.6 is 0 Å². The molecule has 16 heavy (non-hydrogen) atoms. The van der Waals surface area contributed by atoms with E-state index in [0.29, 0.717) is 18.2 Å². The summed E-state index contributed by atoms with van der Waals surface area (Å²) in [7, 11) is 0. The van der Waals surface area contributed by atoms with Crippen molar-refractivity contribution in [1.82, 2.24) is 5.32 Å². The first-order valence-corrected chi connectivity index (χ1v) is 7.18. The van der Waals surface area contributed by atoms with Crippen molar-refractivity contribution in [3.63, 3.8) is 0 Å². The van der Waals surface area contributed by atoms with Crippen LogP contribution in [0.3, 0.4) is 0 Å². The molecule has 94 valence electrons. The van der Waals surface area contributed by atoms with Gasteiger partial charge in [0.05, 0.1) is 12.2 Å². The Balaban J connectivity index is 1.83. The molecule has 2 heteroatoms. The second-order valence-electron chi connectivity index (χ2n) is 5.61. The Morgan fingerprint density at radius 2 is 1.94 bits per heavy atom. The van der Waals surface area contributed by atoms with Gasteiger partial charge in [-0.05, 0) is 38.6 Å². The second-order valence-corrected chi connectivity index (χ2v) is 5.61. The lowest BCUT2D eigenvalue weighted by Crippen LogP contribution is -2.41. The van der Waals surface area contributed by atoms with Crippen molar-refractivity contribution in [2.75, 3.05) is 6.54 Å². The predicted octanol–water partition coefficient (Wildman–Crippen LogP) is 3.11. The standard InChI is InChI=1S/C14H27NO/c1-3-15-13(10-12-6-4-5-7-12)14-9-8-11(2)16-14/h11-15H,3-10H2,1-2H3. The lowest BCUT2D eigenvalue weighted by Gasteiger charge is -2.27. The molecule has 1 aliphatic carbocycles. The van der Waals surface area contributed by atoms with Gasteiger partial charge in [-0.2, -0.15) is 0 Å². The molecule has 1 heterocycles. The van der Waals surface area contributed by atoms with E-state index < -0.39 is 0 Å². The summed E-state index contributed by atoms with van der Waals surface area (Å²) in [6.07, 6.45) is 10.6. The molecule has 0 aromatic rings. The second kappa shape index (κ2) is 6.02. The average molecular weight is 225 g/mol. The summed E-state index contributed by atoms with van der Waals surface area (Å²) in [5, 5.41) is 3.65. The summed E-state index contributed by atoms with van der Waals surface area (Å²) in [6.45, 7) is 5.49. The van der Waals surface area contributed by atoms with Crippen LogP contribution < -0.4 is 5.32 Å². The summed E-state index contributed by atoms with van der Waals surface area (Å²) in [4.78, 5) is 0. The molecule has 2 nitrogen and oxygen atoms in total. The predicted molar refractivity (Wildman–Crippen MR) is 67.6 cm³/mol. The van der Waals surface area contributed by atoms with Crippen molar-refractivity contribution < 1.29 is 4.74 Å². The quantitative estimate of drug-likeness (QED) is 0.776. The minimum Gasteiger partial charge on any atom is -0.374 e. The van der Waals surface area contributed by atoms with Gasteiger partial charge in [0.1, 0.15) is 0 Å². The van der Waals surface area contributed by atoms with Crippen LogP contribution in [0.4, 0.5) is 0 Å². The maximum atomic E-state index is 6.02. The third-order valence-electron chi connectivity index (χ3n) is 4.24. The largest absolute Gasteiger partial charge is 0.374 e. The molecular formula is C14H27NO. The van der Waals surface area contributed by atoms with E-state index in [9.17, 15) is 0 Å². The Bertz CT molecular complexity index is 201. The fraction of sp³-hybridized carbons (Fsp3) is 1.00. The smallest absolute Gasteiger partial charge is 0.0732 e. The van der Waals surface area contributed by atoms with Crippen molar-refractivity contribution in [2.24, 2.45) is 5.92 Å². The first kappa shape index (κ1) is 12.4. The van der Waals surface area contributed by atoms with Gasteiger partial charge in [0.25, 0.3) is 0 Å². The van der Waals surface area contributed by atoms with Crippen molar-refractivity contribution in [3.8, 4) is 0 Å². The Labute approximate surface area is 100 Å². The highest BCUT2D eigenvalue weighted by Crippen LogP contribution is 2.32. The van der Waals surface area contributed by atoms with Crippen LogP contribution in [0.25, 0.3) is 0 Å². The molecule has 0 aromatic carbocycles. The molecule has 3 atom stereocenters. The van der Waals surface area contributed by atoms with Gasteiger partial charge in [-0.3, -0.25) is 0 Å². The number of rotatable bonds is 5. The van der Waals surface area contributed by atoms with Crippen molar-refractivity contribution >= 4 is 0 Å². The lowest BCUT2D eigenvalue weighted by atomic mass is 9.94. The lowest BCUT2D eigenvalue weighted by molar-refractivity contribution is 0.0267. The minimum atomic E-state index is 0.481. The Kier molecular flexibility index (Phi) is 4.66. The molecular weight excluding hydrogens is 198 g/mol. The van der Waals surface area contributed by atoms with E-state index in [2.05, 4.69) is 19.2 Å². The highest BCUT2D eigenvalue weighted by Gasteiger charge is 2.31. The highest BCUT2D eigenvalue weighted by atomic mass is 16.5. The molecule has 0 spiro atoms. The van der Waals surface area contributed by atoms with Gasteiger partial charge in [-0.25, -0.2) is 0 Å². The molecule has 0 bridgehead atoms. The van der Waals surface area contributed by atoms with E-state index in [1.165, 1.54) is 44.9 Å². The van der Waals surface area contributed by atoms with Crippen LogP contribution in [0.5, 0.6) is 0 Å². The zero-order chi connectivity index (χ0) is 11.4. The molecule has 1 saturated carbocycles. The van der Waals surface area contributed by atoms with Crippen LogP contribution in [0.2, 0.25) is 0 Å². The van der Waals surface area contributed by atoms with Gasteiger partial charge in [-0.15, -0.1) is 0 Å². The Morgan fingerprint density at radius 3 is 2.50 bits per heavy atom. The van der Waals surface area contributed by atoms with Crippen LogP contribution in [-0.2, 0) is 4.74 Å². The van der Waals surface area contributed by atoms with Crippen molar-refractivity contribution in [1.29, 1.82) is 0 Å². The number of hydrogen-bond acceptors (Lipinski definition) is 2. The maximum Gasteiger partial charge on any atom is 0.0732 e. The summed E-state index contributed by atoms with van der Waals surface area (Å²) >= 11 is 0.